The lowest BCUT2D eigenvalue weighted by Gasteiger charge is -2.29. The van der Waals surface area contributed by atoms with Crippen LogP contribution in [0.25, 0.3) is 0 Å². The minimum atomic E-state index is -2.39. The molecule has 0 aliphatic rings. The fourth-order valence-electron chi connectivity index (χ4n) is 8.28. The molecule has 20 nitrogen and oxygen atoms in total. The lowest BCUT2D eigenvalue weighted by molar-refractivity contribution is -0.150. The van der Waals surface area contributed by atoms with E-state index in [1.54, 1.807) is 54.6 Å². The number of esters is 3. The largest absolute Gasteiger partial charge is 0.480 e. The molecule has 0 unspecified atom stereocenters. The zero-order chi connectivity index (χ0) is 68.9. The van der Waals surface area contributed by atoms with Crippen LogP contribution in [0.2, 0.25) is 0 Å². The zero-order valence-corrected chi connectivity index (χ0v) is 47.9. The molecule has 7 aromatic rings. The fourth-order valence-corrected chi connectivity index (χ4v) is 8.28. The third kappa shape index (κ3) is 21.0. The Hall–Kier alpha value is -11.0. The Labute approximate surface area is 522 Å². The first-order chi connectivity index (χ1) is 44.6. The minimum absolute atomic E-state index is 0.0472. The molecule has 0 bridgehead atoms. The summed E-state index contributed by atoms with van der Waals surface area (Å²) in [5, 5.41) is 32.5. The summed E-state index contributed by atoms with van der Waals surface area (Å²) in [6.07, 6.45) is -2.41. The number of nitrogens with zero attached hydrogens (tertiary/aromatic N) is 2. The van der Waals surface area contributed by atoms with Crippen LogP contribution in [0, 0.1) is 69.8 Å². The summed E-state index contributed by atoms with van der Waals surface area (Å²) in [4.78, 5) is 98.6. The van der Waals surface area contributed by atoms with Gasteiger partial charge in [-0.2, -0.15) is 26.3 Å². The average Bonchev–Trinajstić information content (AvgIpc) is 0.836. The second-order valence-electron chi connectivity index (χ2n) is 19.6. The summed E-state index contributed by atoms with van der Waals surface area (Å²) in [7, 11) is 0. The predicted molar refractivity (Wildman–Crippen MR) is 297 cm³/mol. The Morgan fingerprint density at radius 3 is 0.989 bits per heavy atom. The molecule has 0 aliphatic carbocycles. The van der Waals surface area contributed by atoms with Crippen LogP contribution < -0.4 is 24.8 Å². The van der Waals surface area contributed by atoms with Gasteiger partial charge in [0.2, 0.25) is 52.2 Å². The number of ether oxygens (including phenoxy) is 5. The lowest BCUT2D eigenvalue weighted by Crippen LogP contribution is -2.50. The summed E-state index contributed by atoms with van der Waals surface area (Å²) < 4.78 is 194. The van der Waals surface area contributed by atoms with Gasteiger partial charge in [-0.15, -0.1) is 0 Å². The van der Waals surface area contributed by atoms with Crippen LogP contribution in [0.4, 0.5) is 62.3 Å². The van der Waals surface area contributed by atoms with Crippen LogP contribution in [0.3, 0.4) is 0 Å². The number of halogens is 12. The highest BCUT2D eigenvalue weighted by Gasteiger charge is 2.37. The second kappa shape index (κ2) is 33.9. The van der Waals surface area contributed by atoms with E-state index in [0.29, 0.717) is 16.7 Å². The molecule has 0 saturated heterocycles. The van der Waals surface area contributed by atoms with Crippen molar-refractivity contribution in [2.45, 2.75) is 51.2 Å². The Kier molecular flexibility index (Phi) is 26.0. The molecular weight excluding hydrogens is 1280 g/mol. The Morgan fingerprint density at radius 1 is 0.372 bits per heavy atom. The number of carbonyl (C=O) groups is 8. The van der Waals surface area contributed by atoms with E-state index in [4.69, 9.17) is 19.7 Å². The van der Waals surface area contributed by atoms with Crippen LogP contribution in [0.5, 0.6) is 17.2 Å². The van der Waals surface area contributed by atoms with E-state index in [9.17, 15) is 96.1 Å². The van der Waals surface area contributed by atoms with E-state index in [0.717, 1.165) is 16.0 Å². The molecule has 7 rings (SSSR count). The number of carboxylic acid groups (broad SMARTS) is 3. The number of alkyl carbamates (subject to hydrolysis) is 2. The van der Waals surface area contributed by atoms with Crippen molar-refractivity contribution in [2.75, 3.05) is 26.2 Å². The van der Waals surface area contributed by atoms with Gasteiger partial charge < -0.3 is 49.6 Å². The molecule has 2 atom stereocenters. The highest BCUT2D eigenvalue weighted by atomic mass is 19.2. The maximum absolute atomic E-state index is 14.7. The molecule has 94 heavy (non-hydrogen) atoms. The summed E-state index contributed by atoms with van der Waals surface area (Å²) in [5.74, 6) is -42.1. The van der Waals surface area contributed by atoms with Gasteiger partial charge in [-0.3, -0.25) is 33.8 Å². The third-order valence-corrected chi connectivity index (χ3v) is 12.8. The summed E-state index contributed by atoms with van der Waals surface area (Å²) in [5.41, 5.74) is 3.16. The summed E-state index contributed by atoms with van der Waals surface area (Å²) >= 11 is 0. The van der Waals surface area contributed by atoms with Gasteiger partial charge in [0, 0.05) is 31.3 Å². The van der Waals surface area contributed by atoms with Crippen LogP contribution >= 0.6 is 0 Å². The van der Waals surface area contributed by atoms with Gasteiger partial charge in [0.1, 0.15) is 25.3 Å². The van der Waals surface area contributed by atoms with E-state index in [1.807, 2.05) is 30.3 Å². The van der Waals surface area contributed by atoms with Crippen molar-refractivity contribution in [3.8, 4) is 17.2 Å². The van der Waals surface area contributed by atoms with Crippen LogP contribution in [-0.4, -0.2) is 111 Å². The Bertz CT molecular complexity index is 3730. The quantitative estimate of drug-likeness (QED) is 0.0139. The average molecular weight is 1330 g/mol. The Morgan fingerprint density at radius 2 is 0.670 bits per heavy atom. The van der Waals surface area contributed by atoms with Crippen LogP contribution in [0.15, 0.2) is 127 Å². The number of amides is 2. The van der Waals surface area contributed by atoms with E-state index in [-0.39, 0.29) is 61.4 Å². The first-order valence-electron chi connectivity index (χ1n) is 26.9. The molecule has 7 aromatic carbocycles. The zero-order valence-electron chi connectivity index (χ0n) is 47.9. The van der Waals surface area contributed by atoms with Crippen molar-refractivity contribution in [2.24, 2.45) is 0 Å². The van der Waals surface area contributed by atoms with Crippen molar-refractivity contribution >= 4 is 48.0 Å². The van der Waals surface area contributed by atoms with E-state index >= 15 is 0 Å². The molecule has 32 heteroatoms. The van der Waals surface area contributed by atoms with Gasteiger partial charge in [0.25, 0.3) is 0 Å². The monoisotopic (exact) mass is 1330 g/mol. The minimum Gasteiger partial charge on any atom is -0.480 e. The molecule has 0 aliphatic heterocycles. The van der Waals surface area contributed by atoms with Crippen molar-refractivity contribution < 1.29 is 130 Å². The third-order valence-electron chi connectivity index (χ3n) is 12.8. The van der Waals surface area contributed by atoms with Crippen LogP contribution in [-0.2, 0) is 77.4 Å². The van der Waals surface area contributed by atoms with E-state index < -0.39 is 180 Å². The molecule has 0 saturated carbocycles. The molecule has 0 spiro atoms. The van der Waals surface area contributed by atoms with Gasteiger partial charge >= 0.3 is 48.0 Å². The second-order valence-corrected chi connectivity index (χ2v) is 19.6. The number of aliphatic carboxylic acids is 3. The van der Waals surface area contributed by atoms with Crippen molar-refractivity contribution in [3.05, 3.63) is 231 Å². The smallest absolute Gasteiger partial charge is 0.407 e. The van der Waals surface area contributed by atoms with Gasteiger partial charge in [-0.1, -0.05) is 109 Å². The molecular formula is C62H48F12N4O16. The molecule has 0 radical (unpaired) electrons. The number of benzene rings is 7. The number of rotatable bonds is 27. The SMILES string of the molecule is O=C(CN(CC(=O)Oc1c(F)c(F)cc(F)c1F)[C@@H](Cc1ccc(CNC(=O)OCc2ccccc2)cc1)C(=O)Oc1c(F)c(F)cc(F)c1F)Oc1c(F)c(F)cc(F)c1F.O=C(O)CN(CC(=O)O)[C@@H](Cc1ccc(CNC(=O)OCc2ccccc2)cc1)C(=O)O. The standard InChI is InChI=1S/C40H24F12N2O8.C22H24N2O8/c41-21-11-22(42)31(48)36(30(21)47)60-28(55)15-54(16-29(56)61-37-32(49)23(43)12-24(44)33(37)50)27(39(57)62-38-34(51)25(45)13-26(46)35(38)52)10-18-6-8-19(9-7-18)14-53-40(58)59-17-20-4-2-1-3-5-20;25-19(26)12-24(13-20(27)28)18(21(29)30)10-15-6-8-16(9-7-15)11-23-22(31)32-14-17-4-2-1-3-5-17/h1-9,11-13,27H,10,14-17H2,(H,53,58);1-9,18H,10-14H2,(H,23,31)(H,25,26)(H,27,28)(H,29,30)/t27-;18-/m00/s1. The van der Waals surface area contributed by atoms with Gasteiger partial charge in [-0.05, 0) is 46.2 Å². The van der Waals surface area contributed by atoms with E-state index in [1.165, 1.54) is 24.3 Å². The predicted octanol–water partition coefficient (Wildman–Crippen LogP) is 9.39. The van der Waals surface area contributed by atoms with Crippen LogP contribution in [0.1, 0.15) is 33.4 Å². The number of carbonyl (C=O) groups excluding carboxylic acids is 5. The topological polar surface area (TPSA) is 274 Å². The molecule has 496 valence electrons. The Balaban J connectivity index is 0.000000367. The van der Waals surface area contributed by atoms with Crippen molar-refractivity contribution in [3.63, 3.8) is 0 Å². The molecule has 5 N–H and O–H groups in total. The van der Waals surface area contributed by atoms with Gasteiger partial charge in [0.05, 0.1) is 26.2 Å². The number of hydrogen-bond acceptors (Lipinski definition) is 15. The summed E-state index contributed by atoms with van der Waals surface area (Å²) in [6, 6.07) is 25.0. The first kappa shape index (κ1) is 72.0. The van der Waals surface area contributed by atoms with Crippen molar-refractivity contribution in [1.29, 1.82) is 0 Å². The first-order valence-corrected chi connectivity index (χ1v) is 26.9. The maximum Gasteiger partial charge on any atom is 0.407 e. The highest BCUT2D eigenvalue weighted by molar-refractivity contribution is 5.83. The number of nitrogens with one attached hydrogen (secondary N) is 2. The highest BCUT2D eigenvalue weighted by Crippen LogP contribution is 2.31. The lowest BCUT2D eigenvalue weighted by atomic mass is 10.0. The molecule has 0 heterocycles. The van der Waals surface area contributed by atoms with Gasteiger partial charge in [0.15, 0.2) is 34.9 Å². The molecule has 0 fully saturated rings. The van der Waals surface area contributed by atoms with Crippen molar-refractivity contribution in [1.82, 2.24) is 20.4 Å². The summed E-state index contributed by atoms with van der Waals surface area (Å²) in [6.45, 7) is -4.69. The van der Waals surface area contributed by atoms with E-state index in [2.05, 4.69) is 24.8 Å². The number of hydrogen-bond donors (Lipinski definition) is 5. The number of carboxylic acids is 3. The fraction of sp³-hybridized carbons (Fsp3) is 0.194. The normalized spacial score (nSPS) is 11.6. The molecule has 0 aromatic heterocycles. The maximum atomic E-state index is 14.7. The van der Waals surface area contributed by atoms with Gasteiger partial charge in [-0.25, -0.2) is 40.7 Å². The molecule has 2 amide bonds.